The number of hydrogen-bond donors (Lipinski definition) is 1. The van der Waals surface area contributed by atoms with E-state index in [-0.39, 0.29) is 17.2 Å². The predicted octanol–water partition coefficient (Wildman–Crippen LogP) is 3.44. The number of rotatable bonds is 3. The van der Waals surface area contributed by atoms with Crippen molar-refractivity contribution in [2.24, 2.45) is 0 Å². The van der Waals surface area contributed by atoms with Crippen molar-refractivity contribution in [3.8, 4) is 5.75 Å². The monoisotopic (exact) mass is 331 g/mol. The molecule has 0 bridgehead atoms. The first-order valence-corrected chi connectivity index (χ1v) is 8.29. The van der Waals surface area contributed by atoms with Crippen LogP contribution in [0.1, 0.15) is 38.4 Å². The summed E-state index contributed by atoms with van der Waals surface area (Å²) in [6, 6.07) is 6.45. The first-order chi connectivity index (χ1) is 11.1. The van der Waals surface area contributed by atoms with Crippen LogP contribution in [0.5, 0.6) is 5.75 Å². The SMILES string of the molecule is COc1cc(C(=O)N2CCCCc3sccc32)ccc1C(=O)O. The van der Waals surface area contributed by atoms with Crippen molar-refractivity contribution in [1.82, 2.24) is 0 Å². The van der Waals surface area contributed by atoms with Crippen LogP contribution in [0.4, 0.5) is 5.69 Å². The van der Waals surface area contributed by atoms with Crippen LogP contribution in [-0.2, 0) is 6.42 Å². The molecule has 0 aliphatic carbocycles. The number of thiophene rings is 1. The maximum Gasteiger partial charge on any atom is 0.339 e. The largest absolute Gasteiger partial charge is 0.496 e. The van der Waals surface area contributed by atoms with Gasteiger partial charge in [-0.2, -0.15) is 0 Å². The van der Waals surface area contributed by atoms with E-state index in [1.165, 1.54) is 24.1 Å². The van der Waals surface area contributed by atoms with Gasteiger partial charge in [0.2, 0.25) is 0 Å². The number of carbonyl (C=O) groups excluding carboxylic acids is 1. The third kappa shape index (κ3) is 2.94. The van der Waals surface area contributed by atoms with Gasteiger partial charge in [-0.05, 0) is 48.9 Å². The summed E-state index contributed by atoms with van der Waals surface area (Å²) in [5.74, 6) is -0.999. The van der Waals surface area contributed by atoms with Crippen LogP contribution in [0.2, 0.25) is 0 Å². The Balaban J connectivity index is 1.96. The molecule has 1 aromatic carbocycles. The Kier molecular flexibility index (Phi) is 4.34. The van der Waals surface area contributed by atoms with Crippen LogP contribution >= 0.6 is 11.3 Å². The van der Waals surface area contributed by atoms with E-state index in [1.54, 1.807) is 22.3 Å². The molecule has 3 rings (SSSR count). The Bertz CT molecular complexity index is 753. The predicted molar refractivity (Wildman–Crippen MR) is 88.9 cm³/mol. The van der Waals surface area contributed by atoms with Gasteiger partial charge in [0.15, 0.2) is 0 Å². The maximum atomic E-state index is 12.9. The standard InChI is InChI=1S/C17H17NO4S/c1-22-14-10-11(5-6-12(14)17(20)21)16(19)18-8-3-2-4-15-13(18)7-9-23-15/h5-7,9-10H,2-4,8H2,1H3,(H,20,21). The fraction of sp³-hybridized carbons (Fsp3) is 0.294. The molecule has 1 N–H and O–H groups in total. The van der Waals surface area contributed by atoms with Crippen LogP contribution in [0.15, 0.2) is 29.6 Å². The van der Waals surface area contributed by atoms with Crippen molar-refractivity contribution in [3.63, 3.8) is 0 Å². The van der Waals surface area contributed by atoms with Gasteiger partial charge in [-0.1, -0.05) is 0 Å². The summed E-state index contributed by atoms with van der Waals surface area (Å²) in [6.07, 6.45) is 3.02. The van der Waals surface area contributed by atoms with Crippen LogP contribution < -0.4 is 9.64 Å². The first kappa shape index (κ1) is 15.6. The number of aromatic carboxylic acids is 1. The second-order valence-electron chi connectivity index (χ2n) is 5.36. The smallest absolute Gasteiger partial charge is 0.339 e. The van der Waals surface area contributed by atoms with Crippen LogP contribution in [0.25, 0.3) is 0 Å². The lowest BCUT2D eigenvalue weighted by atomic mass is 10.1. The normalized spacial score (nSPS) is 14.0. The average Bonchev–Trinajstić information content (AvgIpc) is 2.93. The Morgan fingerprint density at radius 3 is 2.83 bits per heavy atom. The lowest BCUT2D eigenvalue weighted by molar-refractivity contribution is 0.0692. The molecule has 1 aliphatic heterocycles. The van der Waals surface area contributed by atoms with Crippen molar-refractivity contribution in [1.29, 1.82) is 0 Å². The molecule has 6 heteroatoms. The topological polar surface area (TPSA) is 66.8 Å². The highest BCUT2D eigenvalue weighted by molar-refractivity contribution is 7.10. The summed E-state index contributed by atoms with van der Waals surface area (Å²) in [5, 5.41) is 11.1. The molecular weight excluding hydrogens is 314 g/mol. The maximum absolute atomic E-state index is 12.9. The van der Waals surface area contributed by atoms with Gasteiger partial charge in [0.1, 0.15) is 11.3 Å². The summed E-state index contributed by atoms with van der Waals surface area (Å²) >= 11 is 1.67. The van der Waals surface area contributed by atoms with Gasteiger partial charge in [-0.15, -0.1) is 11.3 Å². The molecule has 2 aromatic rings. The molecule has 0 radical (unpaired) electrons. The molecule has 0 atom stereocenters. The average molecular weight is 331 g/mol. The zero-order valence-electron chi connectivity index (χ0n) is 12.7. The number of nitrogens with zero attached hydrogens (tertiary/aromatic N) is 1. The van der Waals surface area contributed by atoms with Gasteiger partial charge in [-0.3, -0.25) is 4.79 Å². The van der Waals surface area contributed by atoms with E-state index < -0.39 is 5.97 Å². The molecular formula is C17H17NO4S. The highest BCUT2D eigenvalue weighted by Crippen LogP contribution is 2.32. The first-order valence-electron chi connectivity index (χ1n) is 7.41. The fourth-order valence-electron chi connectivity index (χ4n) is 2.81. The molecule has 0 unspecified atom stereocenters. The molecule has 5 nitrogen and oxygen atoms in total. The quantitative estimate of drug-likeness (QED) is 0.935. The minimum atomic E-state index is -1.07. The number of amides is 1. The van der Waals surface area contributed by atoms with Crippen LogP contribution in [0, 0.1) is 0 Å². The minimum Gasteiger partial charge on any atom is -0.496 e. The van der Waals surface area contributed by atoms with Gasteiger partial charge in [0.05, 0.1) is 12.8 Å². The molecule has 1 amide bonds. The zero-order valence-corrected chi connectivity index (χ0v) is 13.6. The van der Waals surface area contributed by atoms with Crippen molar-refractivity contribution >= 4 is 28.9 Å². The molecule has 1 aromatic heterocycles. The molecule has 0 saturated carbocycles. The number of hydrogen-bond acceptors (Lipinski definition) is 4. The molecule has 0 spiro atoms. The summed E-state index contributed by atoms with van der Waals surface area (Å²) in [6.45, 7) is 0.672. The van der Waals surface area contributed by atoms with E-state index in [9.17, 15) is 9.59 Å². The van der Waals surface area contributed by atoms with E-state index in [0.717, 1.165) is 24.9 Å². The van der Waals surface area contributed by atoms with E-state index in [2.05, 4.69) is 0 Å². The molecule has 1 aliphatic rings. The van der Waals surface area contributed by atoms with Gasteiger partial charge in [0, 0.05) is 17.0 Å². The minimum absolute atomic E-state index is 0.0520. The van der Waals surface area contributed by atoms with E-state index in [0.29, 0.717) is 12.1 Å². The summed E-state index contributed by atoms with van der Waals surface area (Å²) < 4.78 is 5.11. The van der Waals surface area contributed by atoms with Gasteiger partial charge in [0.25, 0.3) is 5.91 Å². The number of ether oxygens (including phenoxy) is 1. The van der Waals surface area contributed by atoms with Gasteiger partial charge >= 0.3 is 5.97 Å². The third-order valence-corrected chi connectivity index (χ3v) is 4.94. The summed E-state index contributed by atoms with van der Waals surface area (Å²) in [4.78, 5) is 27.1. The second kappa shape index (κ2) is 6.42. The molecule has 2 heterocycles. The second-order valence-corrected chi connectivity index (χ2v) is 6.36. The van der Waals surface area contributed by atoms with Gasteiger partial charge < -0.3 is 14.7 Å². The van der Waals surface area contributed by atoms with Crippen molar-refractivity contribution in [2.75, 3.05) is 18.6 Å². The van der Waals surface area contributed by atoms with Crippen molar-refractivity contribution < 1.29 is 19.4 Å². The highest BCUT2D eigenvalue weighted by Gasteiger charge is 2.24. The molecule has 0 saturated heterocycles. The fourth-order valence-corrected chi connectivity index (χ4v) is 3.73. The number of anilines is 1. The number of fused-ring (bicyclic) bond motifs is 1. The number of carbonyl (C=O) groups is 2. The molecule has 0 fully saturated rings. The number of aryl methyl sites for hydroxylation is 1. The highest BCUT2D eigenvalue weighted by atomic mass is 32.1. The zero-order chi connectivity index (χ0) is 16.4. The Labute approximate surface area is 138 Å². The molecule has 23 heavy (non-hydrogen) atoms. The number of carboxylic acid groups (broad SMARTS) is 1. The molecule has 120 valence electrons. The summed E-state index contributed by atoms with van der Waals surface area (Å²) in [5.41, 5.74) is 1.46. The Morgan fingerprint density at radius 1 is 1.26 bits per heavy atom. The number of methoxy groups -OCH3 is 1. The lowest BCUT2D eigenvalue weighted by Gasteiger charge is -2.21. The lowest BCUT2D eigenvalue weighted by Crippen LogP contribution is -2.31. The Hall–Kier alpha value is -2.34. The van der Waals surface area contributed by atoms with Gasteiger partial charge in [-0.25, -0.2) is 4.79 Å². The van der Waals surface area contributed by atoms with Crippen molar-refractivity contribution in [2.45, 2.75) is 19.3 Å². The van der Waals surface area contributed by atoms with Crippen LogP contribution in [-0.4, -0.2) is 30.6 Å². The van der Waals surface area contributed by atoms with Crippen LogP contribution in [0.3, 0.4) is 0 Å². The van der Waals surface area contributed by atoms with Crippen molar-refractivity contribution in [3.05, 3.63) is 45.6 Å². The number of benzene rings is 1. The van der Waals surface area contributed by atoms with E-state index in [1.807, 2.05) is 11.4 Å². The third-order valence-electron chi connectivity index (χ3n) is 3.97. The van der Waals surface area contributed by atoms with E-state index in [4.69, 9.17) is 9.84 Å². The van der Waals surface area contributed by atoms with E-state index >= 15 is 0 Å². The number of carboxylic acids is 1. The Morgan fingerprint density at radius 2 is 2.09 bits per heavy atom. The summed E-state index contributed by atoms with van der Waals surface area (Å²) in [7, 11) is 1.40.